The van der Waals surface area contributed by atoms with Gasteiger partial charge in [-0.05, 0) is 67.6 Å². The van der Waals surface area contributed by atoms with E-state index in [1.807, 2.05) is 74.5 Å². The van der Waals surface area contributed by atoms with Crippen molar-refractivity contribution in [2.75, 3.05) is 6.61 Å². The van der Waals surface area contributed by atoms with Crippen molar-refractivity contribution in [3.63, 3.8) is 0 Å². The van der Waals surface area contributed by atoms with E-state index in [-0.39, 0.29) is 6.10 Å². The van der Waals surface area contributed by atoms with Gasteiger partial charge < -0.3 is 9.47 Å². The third kappa shape index (κ3) is 4.85. The molecule has 5 aromatic rings. The molecule has 194 valence electrons. The number of benzene rings is 2. The highest BCUT2D eigenvalue weighted by molar-refractivity contribution is 5.84. The summed E-state index contributed by atoms with van der Waals surface area (Å²) in [5.74, 6) is -1.78. The number of aryl methyl sites for hydroxylation is 2. The molecule has 1 atom stereocenters. The lowest BCUT2D eigenvalue weighted by atomic mass is 9.94. The van der Waals surface area contributed by atoms with Crippen LogP contribution in [0.25, 0.3) is 38.9 Å². The van der Waals surface area contributed by atoms with Gasteiger partial charge in [-0.25, -0.2) is 13.3 Å². The van der Waals surface area contributed by atoms with Crippen LogP contribution >= 0.6 is 0 Å². The van der Waals surface area contributed by atoms with Gasteiger partial charge in [0, 0.05) is 47.8 Å². The van der Waals surface area contributed by atoms with Crippen molar-refractivity contribution in [2.24, 2.45) is 7.05 Å². The summed E-state index contributed by atoms with van der Waals surface area (Å²) >= 11 is 0. The van der Waals surface area contributed by atoms with E-state index in [1.54, 1.807) is 4.68 Å². The van der Waals surface area contributed by atoms with Crippen LogP contribution in [-0.2, 0) is 22.9 Å². The highest BCUT2D eigenvalue weighted by atomic mass is 19.1. The number of ether oxygens (including phenoxy) is 2. The third-order valence-electron chi connectivity index (χ3n) is 6.92. The Bertz CT molecular complexity index is 1640. The van der Waals surface area contributed by atoms with Crippen LogP contribution in [0.15, 0.2) is 73.3 Å². The fraction of sp³-hybridized carbons (Fsp3) is 0.267. The zero-order chi connectivity index (χ0) is 26.4. The van der Waals surface area contributed by atoms with Gasteiger partial charge in [0.05, 0.1) is 30.6 Å². The monoisotopic (exact) mass is 514 g/mol. The van der Waals surface area contributed by atoms with Gasteiger partial charge in [0.25, 0.3) is 0 Å². The fourth-order valence-corrected chi connectivity index (χ4v) is 5.05. The zero-order valence-corrected chi connectivity index (χ0v) is 21.5. The maximum absolute atomic E-state index is 14.8. The molecule has 1 aliphatic heterocycles. The molecular formula is C30H28F2N4O2. The molecule has 0 amide bonds. The van der Waals surface area contributed by atoms with Crippen LogP contribution in [0, 0.1) is 11.6 Å². The van der Waals surface area contributed by atoms with E-state index in [4.69, 9.17) is 9.47 Å². The van der Waals surface area contributed by atoms with E-state index in [9.17, 15) is 8.78 Å². The lowest BCUT2D eigenvalue weighted by molar-refractivity contribution is -0.138. The fourth-order valence-electron chi connectivity index (χ4n) is 5.05. The summed E-state index contributed by atoms with van der Waals surface area (Å²) in [4.78, 5) is 0. The van der Waals surface area contributed by atoms with Crippen molar-refractivity contribution in [1.29, 1.82) is 0 Å². The van der Waals surface area contributed by atoms with Crippen LogP contribution in [0.5, 0.6) is 0 Å². The molecule has 1 unspecified atom stereocenters. The topological polar surface area (TPSA) is 53.6 Å². The summed E-state index contributed by atoms with van der Waals surface area (Å²) in [5, 5.41) is 8.86. The molecule has 0 saturated carbocycles. The molecule has 0 bridgehead atoms. The number of rotatable bonds is 6. The Morgan fingerprint density at radius 2 is 1.71 bits per heavy atom. The van der Waals surface area contributed by atoms with Crippen molar-refractivity contribution in [2.45, 2.75) is 38.6 Å². The van der Waals surface area contributed by atoms with Crippen LogP contribution in [0.2, 0.25) is 0 Å². The molecule has 8 heteroatoms. The predicted octanol–water partition coefficient (Wildman–Crippen LogP) is 6.43. The second kappa shape index (κ2) is 9.45. The number of hydrogen-bond acceptors (Lipinski definition) is 4. The van der Waals surface area contributed by atoms with Gasteiger partial charge in [0.1, 0.15) is 11.6 Å². The molecule has 0 radical (unpaired) electrons. The minimum absolute atomic E-state index is 0.0115. The van der Waals surface area contributed by atoms with Crippen molar-refractivity contribution in [3.8, 4) is 33.4 Å². The average molecular weight is 515 g/mol. The van der Waals surface area contributed by atoms with E-state index in [0.717, 1.165) is 52.2 Å². The molecule has 38 heavy (non-hydrogen) atoms. The summed E-state index contributed by atoms with van der Waals surface area (Å²) in [6.45, 7) is 4.36. The van der Waals surface area contributed by atoms with Gasteiger partial charge in [-0.15, -0.1) is 0 Å². The molecule has 0 N–H and O–H groups in total. The Balaban J connectivity index is 1.39. The summed E-state index contributed by atoms with van der Waals surface area (Å²) in [5.41, 5.74) is 6.84. The summed E-state index contributed by atoms with van der Waals surface area (Å²) in [6.07, 6.45) is 9.04. The van der Waals surface area contributed by atoms with E-state index in [1.165, 1.54) is 12.1 Å². The first kappa shape index (κ1) is 24.5. The van der Waals surface area contributed by atoms with Crippen molar-refractivity contribution >= 4 is 5.52 Å². The Labute approximate surface area is 219 Å². The van der Waals surface area contributed by atoms with Crippen molar-refractivity contribution in [3.05, 3.63) is 90.5 Å². The molecule has 1 fully saturated rings. The molecule has 2 aromatic carbocycles. The zero-order valence-electron chi connectivity index (χ0n) is 21.5. The van der Waals surface area contributed by atoms with E-state index < -0.39 is 17.4 Å². The summed E-state index contributed by atoms with van der Waals surface area (Å²) < 4.78 is 43.8. The molecule has 0 spiro atoms. The Hall–Kier alpha value is -3.88. The Kier molecular flexibility index (Phi) is 6.08. The average Bonchev–Trinajstić information content (AvgIpc) is 3.60. The molecule has 4 heterocycles. The van der Waals surface area contributed by atoms with Crippen LogP contribution in [-0.4, -0.2) is 37.9 Å². The second-order valence-electron chi connectivity index (χ2n) is 10.2. The standard InChI is InChI=1S/C30H28F2N4O2/c1-30(2)37-18-25(38-30)7-4-19-10-21(26-8-6-24(31)13-28(26)32)12-22(11-19)27-15-34-36-17-20(5-9-29(27)36)23-14-33-35(3)16-23/h5-6,8-17,25H,4,7,18H2,1-3H3. The normalized spacial score (nSPS) is 16.9. The van der Waals surface area contributed by atoms with Crippen LogP contribution in [0.1, 0.15) is 25.8 Å². The highest BCUT2D eigenvalue weighted by Crippen LogP contribution is 2.34. The summed E-state index contributed by atoms with van der Waals surface area (Å²) in [7, 11) is 1.88. The minimum Gasteiger partial charge on any atom is -0.348 e. The van der Waals surface area contributed by atoms with Crippen LogP contribution in [0.4, 0.5) is 8.78 Å². The Morgan fingerprint density at radius 3 is 2.42 bits per heavy atom. The van der Waals surface area contributed by atoms with E-state index in [2.05, 4.69) is 16.3 Å². The maximum atomic E-state index is 14.8. The first-order valence-electron chi connectivity index (χ1n) is 12.6. The molecule has 3 aromatic heterocycles. The molecule has 6 nitrogen and oxygen atoms in total. The minimum atomic E-state index is -0.601. The van der Waals surface area contributed by atoms with Gasteiger partial charge in [0.15, 0.2) is 5.79 Å². The number of fused-ring (bicyclic) bond motifs is 1. The van der Waals surface area contributed by atoms with Gasteiger partial charge in [-0.2, -0.15) is 10.2 Å². The van der Waals surface area contributed by atoms with Gasteiger partial charge in [-0.3, -0.25) is 4.68 Å². The number of nitrogens with zero attached hydrogens (tertiary/aromatic N) is 4. The number of halogens is 2. The molecule has 6 rings (SSSR count). The molecule has 1 saturated heterocycles. The van der Waals surface area contributed by atoms with Crippen LogP contribution in [0.3, 0.4) is 0 Å². The summed E-state index contributed by atoms with van der Waals surface area (Å²) in [6, 6.07) is 13.8. The lowest BCUT2D eigenvalue weighted by Gasteiger charge is -2.17. The number of pyridine rings is 1. The van der Waals surface area contributed by atoms with Gasteiger partial charge in [-0.1, -0.05) is 18.2 Å². The SMILES string of the molecule is Cn1cc(-c2ccc3c(-c4cc(CCC5COC(C)(C)O5)cc(-c5ccc(F)cc5F)c4)cnn3c2)cn1. The quantitative estimate of drug-likeness (QED) is 0.262. The van der Waals surface area contributed by atoms with Crippen LogP contribution < -0.4 is 0 Å². The number of hydrogen-bond donors (Lipinski definition) is 0. The molecule has 1 aliphatic rings. The smallest absolute Gasteiger partial charge is 0.163 e. The molecule has 0 aliphatic carbocycles. The van der Waals surface area contributed by atoms with E-state index in [0.29, 0.717) is 17.7 Å². The van der Waals surface area contributed by atoms with E-state index >= 15 is 0 Å². The van der Waals surface area contributed by atoms with Gasteiger partial charge in [0.2, 0.25) is 0 Å². The van der Waals surface area contributed by atoms with Gasteiger partial charge >= 0.3 is 0 Å². The number of aromatic nitrogens is 4. The lowest BCUT2D eigenvalue weighted by Crippen LogP contribution is -2.21. The maximum Gasteiger partial charge on any atom is 0.163 e. The molecular weight excluding hydrogens is 486 g/mol. The second-order valence-corrected chi connectivity index (χ2v) is 10.2. The highest BCUT2D eigenvalue weighted by Gasteiger charge is 2.32. The third-order valence-corrected chi connectivity index (χ3v) is 6.92. The predicted molar refractivity (Wildman–Crippen MR) is 141 cm³/mol. The van der Waals surface area contributed by atoms with Crippen molar-refractivity contribution < 1.29 is 18.3 Å². The first-order chi connectivity index (χ1) is 18.2. The largest absolute Gasteiger partial charge is 0.348 e. The Morgan fingerprint density at radius 1 is 0.895 bits per heavy atom. The first-order valence-corrected chi connectivity index (χ1v) is 12.6. The van der Waals surface area contributed by atoms with Crippen molar-refractivity contribution in [1.82, 2.24) is 19.4 Å².